The maximum atomic E-state index is 13.7. The van der Waals surface area contributed by atoms with Crippen molar-refractivity contribution in [2.75, 3.05) is 19.2 Å². The second-order valence-electron chi connectivity index (χ2n) is 10.6. The second kappa shape index (κ2) is 10.0. The van der Waals surface area contributed by atoms with Crippen LogP contribution in [0.15, 0.2) is 47.3 Å². The van der Waals surface area contributed by atoms with E-state index < -0.39 is 17.7 Å². The molecule has 0 spiro atoms. The molecule has 4 aromatic rings. The fraction of sp³-hybridized carbons (Fsp3) is 0.290. The van der Waals surface area contributed by atoms with Crippen molar-refractivity contribution in [2.24, 2.45) is 0 Å². The number of amides is 1. The Bertz CT molecular complexity index is 1880. The quantitative estimate of drug-likeness (QED) is 0.254. The predicted molar refractivity (Wildman–Crippen MR) is 154 cm³/mol. The Morgan fingerprint density at radius 2 is 1.86 bits per heavy atom. The number of hydrogen-bond donors (Lipinski definition) is 3. The average molecular weight is 585 g/mol. The van der Waals surface area contributed by atoms with Gasteiger partial charge < -0.3 is 39.3 Å². The number of esters is 1. The van der Waals surface area contributed by atoms with E-state index in [1.165, 1.54) is 0 Å². The third-order valence-corrected chi connectivity index (χ3v) is 8.32. The summed E-state index contributed by atoms with van der Waals surface area (Å²) >= 11 is 0. The third kappa shape index (κ3) is 4.24. The van der Waals surface area contributed by atoms with Crippen molar-refractivity contribution >= 4 is 28.7 Å². The van der Waals surface area contributed by atoms with Crippen molar-refractivity contribution < 1.29 is 33.6 Å². The smallest absolute Gasteiger partial charge is 0.407 e. The number of benzene rings is 2. The Morgan fingerprint density at radius 3 is 2.60 bits per heavy atom. The summed E-state index contributed by atoms with van der Waals surface area (Å²) in [5.41, 5.74) is 2.95. The van der Waals surface area contributed by atoms with Crippen molar-refractivity contribution in [1.82, 2.24) is 14.9 Å². The van der Waals surface area contributed by atoms with E-state index in [1.54, 1.807) is 23.6 Å². The van der Waals surface area contributed by atoms with Crippen LogP contribution in [-0.2, 0) is 46.2 Å². The Kier molecular flexibility index (Phi) is 6.24. The summed E-state index contributed by atoms with van der Waals surface area (Å²) in [6, 6.07) is 12.8. The first-order valence-electron chi connectivity index (χ1n) is 13.9. The number of nitrogens with zero attached hydrogens (tertiary/aromatic N) is 2. The highest BCUT2D eigenvalue weighted by molar-refractivity contribution is 5.91. The number of alkyl carbamates (subject to hydrolysis) is 1. The highest BCUT2D eigenvalue weighted by atomic mass is 16.7. The molecule has 12 heteroatoms. The van der Waals surface area contributed by atoms with Gasteiger partial charge in [-0.15, -0.1) is 0 Å². The van der Waals surface area contributed by atoms with Crippen LogP contribution >= 0.6 is 0 Å². The summed E-state index contributed by atoms with van der Waals surface area (Å²) in [5, 5.41) is 17.8. The molecule has 220 valence electrons. The molecule has 0 saturated carbocycles. The number of anilines is 1. The van der Waals surface area contributed by atoms with Gasteiger partial charge in [-0.3, -0.25) is 4.79 Å². The van der Waals surface area contributed by atoms with Gasteiger partial charge in [0.1, 0.15) is 13.2 Å². The Labute approximate surface area is 245 Å². The Balaban J connectivity index is 1.27. The molecule has 0 radical (unpaired) electrons. The van der Waals surface area contributed by atoms with Gasteiger partial charge in [0.05, 0.1) is 29.0 Å². The fourth-order valence-corrected chi connectivity index (χ4v) is 5.88. The highest BCUT2D eigenvalue weighted by Crippen LogP contribution is 2.43. The molecule has 2 aromatic heterocycles. The number of aromatic nitrogens is 2. The molecule has 12 nitrogen and oxygen atoms in total. The van der Waals surface area contributed by atoms with Crippen LogP contribution in [0, 0.1) is 0 Å². The summed E-state index contributed by atoms with van der Waals surface area (Å²) in [5.74, 6) is 0.298. The molecule has 1 atom stereocenters. The van der Waals surface area contributed by atoms with Crippen LogP contribution in [0.2, 0.25) is 0 Å². The zero-order valence-electron chi connectivity index (χ0n) is 23.5. The molecule has 5 heterocycles. The summed E-state index contributed by atoms with van der Waals surface area (Å²) in [6.45, 7) is 1.87. The highest BCUT2D eigenvalue weighted by Gasteiger charge is 2.45. The number of carbonyl (C=O) groups is 2. The first-order chi connectivity index (χ1) is 20.8. The number of rotatable bonds is 6. The fourth-order valence-electron chi connectivity index (χ4n) is 5.88. The van der Waals surface area contributed by atoms with Crippen LogP contribution in [0.4, 0.5) is 10.5 Å². The minimum Gasteiger partial charge on any atom is -0.458 e. The number of nitrogens with one attached hydrogen (secondary N) is 2. The van der Waals surface area contributed by atoms with Crippen molar-refractivity contribution in [3.8, 4) is 22.9 Å². The van der Waals surface area contributed by atoms with Gasteiger partial charge in [-0.05, 0) is 41.8 Å². The Morgan fingerprint density at radius 1 is 1.09 bits per heavy atom. The molecule has 3 aliphatic heterocycles. The number of pyridine rings is 2. The maximum Gasteiger partial charge on any atom is 0.407 e. The maximum absolute atomic E-state index is 13.7. The molecule has 0 bridgehead atoms. The summed E-state index contributed by atoms with van der Waals surface area (Å²) in [7, 11) is 1.83. The molecule has 1 amide bonds. The van der Waals surface area contributed by atoms with Gasteiger partial charge in [0.2, 0.25) is 6.79 Å². The summed E-state index contributed by atoms with van der Waals surface area (Å²) in [4.78, 5) is 43.9. The largest absolute Gasteiger partial charge is 0.458 e. The van der Waals surface area contributed by atoms with Gasteiger partial charge in [-0.1, -0.05) is 19.1 Å². The molecule has 0 fully saturated rings. The van der Waals surface area contributed by atoms with Crippen LogP contribution in [0.5, 0.6) is 11.5 Å². The van der Waals surface area contributed by atoms with Crippen LogP contribution in [0.25, 0.3) is 22.3 Å². The van der Waals surface area contributed by atoms with Crippen molar-refractivity contribution in [2.45, 2.75) is 45.2 Å². The van der Waals surface area contributed by atoms with Gasteiger partial charge in [-0.2, -0.15) is 0 Å². The predicted octanol–water partition coefficient (Wildman–Crippen LogP) is 3.28. The molecular weight excluding hydrogens is 556 g/mol. The minimum atomic E-state index is -1.94. The lowest BCUT2D eigenvalue weighted by Crippen LogP contribution is -2.44. The lowest BCUT2D eigenvalue weighted by molar-refractivity contribution is -0.172. The number of carbonyl (C=O) groups excluding carboxylic acids is 2. The van der Waals surface area contributed by atoms with Gasteiger partial charge in [0.25, 0.3) is 5.56 Å². The molecule has 3 N–H and O–H groups in total. The lowest BCUT2D eigenvalue weighted by atomic mass is 9.86. The van der Waals surface area contributed by atoms with Crippen LogP contribution in [0.3, 0.4) is 0 Å². The van der Waals surface area contributed by atoms with E-state index in [2.05, 4.69) is 10.6 Å². The van der Waals surface area contributed by atoms with E-state index >= 15 is 0 Å². The third-order valence-electron chi connectivity index (χ3n) is 8.32. The molecule has 7 rings (SSSR count). The molecule has 43 heavy (non-hydrogen) atoms. The molecular formula is C31H28N4O8. The first-order valence-corrected chi connectivity index (χ1v) is 13.9. The SMILES string of the molecule is CC[C@@]1(O)C(=O)OCc2c1cc1n(c2=O)Cc2c-1nc1cc3c(cc1c2CNC(=O)OCc1ccc(NC)cc1)OCO3. The van der Waals surface area contributed by atoms with Crippen molar-refractivity contribution in [3.63, 3.8) is 0 Å². The van der Waals surface area contributed by atoms with Crippen molar-refractivity contribution in [3.05, 3.63) is 80.6 Å². The normalized spacial score (nSPS) is 17.6. The van der Waals surface area contributed by atoms with E-state index in [9.17, 15) is 19.5 Å². The van der Waals surface area contributed by atoms with Gasteiger partial charge in [-0.25, -0.2) is 14.6 Å². The average Bonchev–Trinajstić information content (AvgIpc) is 3.64. The van der Waals surface area contributed by atoms with Crippen LogP contribution in [-0.4, -0.2) is 40.6 Å². The van der Waals surface area contributed by atoms with Gasteiger partial charge >= 0.3 is 12.1 Å². The number of aliphatic hydroxyl groups is 1. The minimum absolute atomic E-state index is 0.0418. The monoisotopic (exact) mass is 584 g/mol. The zero-order valence-corrected chi connectivity index (χ0v) is 23.5. The second-order valence-corrected chi connectivity index (χ2v) is 10.6. The van der Waals surface area contributed by atoms with E-state index in [-0.39, 0.29) is 56.2 Å². The van der Waals surface area contributed by atoms with Gasteiger partial charge in [0, 0.05) is 41.9 Å². The topological polar surface area (TPSA) is 150 Å². The first kappa shape index (κ1) is 26.8. The van der Waals surface area contributed by atoms with Crippen molar-refractivity contribution in [1.29, 1.82) is 0 Å². The number of hydrogen-bond acceptors (Lipinski definition) is 10. The van der Waals surface area contributed by atoms with E-state index in [1.807, 2.05) is 37.4 Å². The Hall–Kier alpha value is -5.10. The molecule has 0 unspecified atom stereocenters. The summed E-state index contributed by atoms with van der Waals surface area (Å²) in [6.07, 6.45) is -0.566. The van der Waals surface area contributed by atoms with E-state index in [0.717, 1.165) is 27.8 Å². The number of fused-ring (bicyclic) bond motifs is 6. The van der Waals surface area contributed by atoms with Gasteiger partial charge in [0.15, 0.2) is 17.1 Å². The number of ether oxygens (including phenoxy) is 4. The summed E-state index contributed by atoms with van der Waals surface area (Å²) < 4.78 is 23.4. The van der Waals surface area contributed by atoms with E-state index in [4.69, 9.17) is 23.9 Å². The molecule has 2 aromatic carbocycles. The zero-order chi connectivity index (χ0) is 29.9. The standard InChI is InChI=1S/C31H28N4O8/c1-3-31(39)22-9-24-27-20(12-35(24)28(36)21(22)14-40-29(31)37)19(18-8-25-26(43-15-42-25)10-23(18)34-27)11-33-30(38)41-13-16-4-6-17(32-2)7-5-16/h4-10,32,39H,3,11-15H2,1-2H3,(H,33,38)/t31-/m0/s1. The molecule has 0 aliphatic carbocycles. The van der Waals surface area contributed by atoms with Crippen LogP contribution in [0.1, 0.15) is 41.2 Å². The molecule has 3 aliphatic rings. The molecule has 0 saturated heterocycles. The number of cyclic esters (lactones) is 1. The van der Waals surface area contributed by atoms with E-state index in [0.29, 0.717) is 28.4 Å². The van der Waals surface area contributed by atoms with Crippen LogP contribution < -0.4 is 25.7 Å². The lowest BCUT2D eigenvalue weighted by Gasteiger charge is -2.31.